The molecular formula is C19H28N4O2. The van der Waals surface area contributed by atoms with Gasteiger partial charge in [-0.05, 0) is 24.0 Å². The van der Waals surface area contributed by atoms with Crippen molar-refractivity contribution in [2.24, 2.45) is 0 Å². The molecule has 1 aromatic carbocycles. The highest BCUT2D eigenvalue weighted by atomic mass is 16.2. The molecule has 2 heterocycles. The number of nitrogens with one attached hydrogen (secondary N) is 2. The van der Waals surface area contributed by atoms with Crippen LogP contribution in [0.25, 0.3) is 0 Å². The third kappa shape index (κ3) is 4.31. The van der Waals surface area contributed by atoms with Gasteiger partial charge in [0.1, 0.15) is 0 Å². The molecule has 25 heavy (non-hydrogen) atoms. The van der Waals surface area contributed by atoms with Crippen LogP contribution in [0.15, 0.2) is 24.3 Å². The SMILES string of the molecule is CCC(CNC(=O)N1CC(NC(C)=O)C1)N1CCc2ccccc2C1. The smallest absolute Gasteiger partial charge is 0.317 e. The number of nitrogens with zero attached hydrogens (tertiary/aromatic N) is 2. The minimum Gasteiger partial charge on any atom is -0.350 e. The summed E-state index contributed by atoms with van der Waals surface area (Å²) in [6.45, 7) is 7.54. The standard InChI is InChI=1S/C19H28N4O2/c1-3-18(22-9-8-15-6-4-5-7-16(15)11-22)10-20-19(25)23-12-17(13-23)21-14(2)24/h4-7,17-18H,3,8-13H2,1-2H3,(H,20,25)(H,21,24). The Hall–Kier alpha value is -2.08. The molecule has 1 atom stereocenters. The van der Waals surface area contributed by atoms with E-state index in [9.17, 15) is 9.59 Å². The van der Waals surface area contributed by atoms with Gasteiger partial charge >= 0.3 is 6.03 Å². The van der Waals surface area contributed by atoms with Crippen molar-refractivity contribution in [3.8, 4) is 0 Å². The van der Waals surface area contributed by atoms with Gasteiger partial charge in [0.15, 0.2) is 0 Å². The van der Waals surface area contributed by atoms with E-state index in [1.807, 2.05) is 0 Å². The summed E-state index contributed by atoms with van der Waals surface area (Å²) >= 11 is 0. The molecule has 1 aromatic rings. The van der Waals surface area contributed by atoms with Crippen molar-refractivity contribution in [1.82, 2.24) is 20.4 Å². The molecule has 0 spiro atoms. The molecule has 3 rings (SSSR count). The number of hydrogen-bond donors (Lipinski definition) is 2. The summed E-state index contributed by atoms with van der Waals surface area (Å²) in [5, 5.41) is 5.90. The molecule has 2 aliphatic rings. The number of carbonyl (C=O) groups is 2. The van der Waals surface area contributed by atoms with Gasteiger partial charge in [-0.3, -0.25) is 9.69 Å². The van der Waals surface area contributed by atoms with Gasteiger partial charge in [0.2, 0.25) is 5.91 Å². The largest absolute Gasteiger partial charge is 0.350 e. The highest BCUT2D eigenvalue weighted by Crippen LogP contribution is 2.21. The van der Waals surface area contributed by atoms with Crippen molar-refractivity contribution < 1.29 is 9.59 Å². The van der Waals surface area contributed by atoms with E-state index < -0.39 is 0 Å². The molecule has 1 fully saturated rings. The Morgan fingerprint density at radius 2 is 1.96 bits per heavy atom. The molecule has 2 aliphatic heterocycles. The Labute approximate surface area is 149 Å². The van der Waals surface area contributed by atoms with E-state index in [0.29, 0.717) is 25.7 Å². The van der Waals surface area contributed by atoms with E-state index in [1.54, 1.807) is 4.90 Å². The normalized spacial score (nSPS) is 18.9. The van der Waals surface area contributed by atoms with Crippen LogP contribution < -0.4 is 10.6 Å². The number of likely N-dealkylation sites (tertiary alicyclic amines) is 1. The lowest BCUT2D eigenvalue weighted by atomic mass is 9.98. The lowest BCUT2D eigenvalue weighted by molar-refractivity contribution is -0.120. The second-order valence-corrected chi connectivity index (χ2v) is 7.04. The Morgan fingerprint density at radius 3 is 2.64 bits per heavy atom. The quantitative estimate of drug-likeness (QED) is 0.848. The first-order chi connectivity index (χ1) is 12.1. The van der Waals surface area contributed by atoms with Crippen LogP contribution in [0.1, 0.15) is 31.4 Å². The zero-order valence-corrected chi connectivity index (χ0v) is 15.1. The van der Waals surface area contributed by atoms with Crippen molar-refractivity contribution in [2.45, 2.75) is 45.3 Å². The maximum absolute atomic E-state index is 12.2. The summed E-state index contributed by atoms with van der Waals surface area (Å²) in [7, 11) is 0. The zero-order valence-electron chi connectivity index (χ0n) is 15.1. The summed E-state index contributed by atoms with van der Waals surface area (Å²) in [5.74, 6) is -0.0403. The van der Waals surface area contributed by atoms with Gasteiger partial charge in [0.05, 0.1) is 6.04 Å². The third-order valence-electron chi connectivity index (χ3n) is 5.21. The Bertz CT molecular complexity index is 628. The van der Waals surface area contributed by atoms with Crippen LogP contribution >= 0.6 is 0 Å². The van der Waals surface area contributed by atoms with Gasteiger partial charge in [-0.15, -0.1) is 0 Å². The average Bonchev–Trinajstić information content (AvgIpc) is 2.57. The molecule has 0 bridgehead atoms. The molecule has 0 aliphatic carbocycles. The molecule has 6 nitrogen and oxygen atoms in total. The van der Waals surface area contributed by atoms with Crippen molar-refractivity contribution in [2.75, 3.05) is 26.2 Å². The maximum Gasteiger partial charge on any atom is 0.317 e. The van der Waals surface area contributed by atoms with Crippen LogP contribution in [-0.4, -0.2) is 60.0 Å². The Morgan fingerprint density at radius 1 is 1.24 bits per heavy atom. The minimum absolute atomic E-state index is 0.0301. The maximum atomic E-state index is 12.2. The van der Waals surface area contributed by atoms with Gasteiger partial charge in [0.25, 0.3) is 0 Å². The predicted octanol–water partition coefficient (Wildman–Crippen LogP) is 1.35. The van der Waals surface area contributed by atoms with Gasteiger partial charge in [-0.2, -0.15) is 0 Å². The number of fused-ring (bicyclic) bond motifs is 1. The number of urea groups is 1. The van der Waals surface area contributed by atoms with E-state index in [4.69, 9.17) is 0 Å². The first kappa shape index (κ1) is 17.7. The van der Waals surface area contributed by atoms with Crippen molar-refractivity contribution >= 4 is 11.9 Å². The fraction of sp³-hybridized carbons (Fsp3) is 0.579. The number of rotatable bonds is 5. The van der Waals surface area contributed by atoms with Gasteiger partial charge in [-0.25, -0.2) is 4.79 Å². The van der Waals surface area contributed by atoms with Crippen molar-refractivity contribution in [1.29, 1.82) is 0 Å². The highest BCUT2D eigenvalue weighted by molar-refractivity contribution is 5.77. The van der Waals surface area contributed by atoms with Crippen LogP contribution in [0.3, 0.4) is 0 Å². The Kier molecular flexibility index (Phi) is 5.58. The molecule has 0 saturated carbocycles. The van der Waals surface area contributed by atoms with E-state index in [1.165, 1.54) is 18.1 Å². The van der Waals surface area contributed by atoms with Gasteiger partial charge < -0.3 is 15.5 Å². The second kappa shape index (κ2) is 7.87. The Balaban J connectivity index is 1.46. The van der Waals surface area contributed by atoms with E-state index >= 15 is 0 Å². The van der Waals surface area contributed by atoms with Crippen LogP contribution in [0.4, 0.5) is 4.79 Å². The lowest BCUT2D eigenvalue weighted by Crippen LogP contribution is -2.63. The van der Waals surface area contributed by atoms with Crippen LogP contribution in [0, 0.1) is 0 Å². The summed E-state index contributed by atoms with van der Waals surface area (Å²) < 4.78 is 0. The number of hydrogen-bond acceptors (Lipinski definition) is 3. The fourth-order valence-corrected chi connectivity index (χ4v) is 3.70. The third-order valence-corrected chi connectivity index (χ3v) is 5.21. The van der Waals surface area contributed by atoms with E-state index in [-0.39, 0.29) is 18.0 Å². The van der Waals surface area contributed by atoms with Crippen molar-refractivity contribution in [3.05, 3.63) is 35.4 Å². The monoisotopic (exact) mass is 344 g/mol. The number of carbonyl (C=O) groups excluding carboxylic acids is 2. The molecule has 6 heteroatoms. The molecule has 2 N–H and O–H groups in total. The average molecular weight is 344 g/mol. The number of benzene rings is 1. The highest BCUT2D eigenvalue weighted by Gasteiger charge is 2.31. The van der Waals surface area contributed by atoms with E-state index in [2.05, 4.69) is 46.7 Å². The minimum atomic E-state index is -0.0403. The van der Waals surface area contributed by atoms with E-state index in [0.717, 1.165) is 25.9 Å². The molecule has 1 unspecified atom stereocenters. The predicted molar refractivity (Wildman–Crippen MR) is 97.2 cm³/mol. The molecule has 0 aromatic heterocycles. The summed E-state index contributed by atoms with van der Waals surface area (Å²) in [5.41, 5.74) is 2.85. The van der Waals surface area contributed by atoms with Gasteiger partial charge in [-0.1, -0.05) is 31.2 Å². The van der Waals surface area contributed by atoms with Crippen LogP contribution in [0.5, 0.6) is 0 Å². The molecule has 0 radical (unpaired) electrons. The molecule has 3 amide bonds. The first-order valence-electron chi connectivity index (χ1n) is 9.17. The molecular weight excluding hydrogens is 316 g/mol. The van der Waals surface area contributed by atoms with Crippen LogP contribution in [-0.2, 0) is 17.8 Å². The molecule has 1 saturated heterocycles. The van der Waals surface area contributed by atoms with Crippen LogP contribution in [0.2, 0.25) is 0 Å². The fourth-order valence-electron chi connectivity index (χ4n) is 3.70. The number of amides is 3. The zero-order chi connectivity index (χ0) is 17.8. The van der Waals surface area contributed by atoms with Gasteiger partial charge in [0, 0.05) is 45.7 Å². The summed E-state index contributed by atoms with van der Waals surface area (Å²) in [6, 6.07) is 9.04. The molecule has 136 valence electrons. The lowest BCUT2D eigenvalue weighted by Gasteiger charge is -2.40. The first-order valence-corrected chi connectivity index (χ1v) is 9.17. The van der Waals surface area contributed by atoms with Crippen molar-refractivity contribution in [3.63, 3.8) is 0 Å². The summed E-state index contributed by atoms with van der Waals surface area (Å²) in [6.07, 6.45) is 2.09. The second-order valence-electron chi connectivity index (χ2n) is 7.04. The topological polar surface area (TPSA) is 64.7 Å². The summed E-state index contributed by atoms with van der Waals surface area (Å²) in [4.78, 5) is 27.5.